The summed E-state index contributed by atoms with van der Waals surface area (Å²) in [4.78, 5) is 11.4. The Kier molecular flexibility index (Phi) is 5.56. The van der Waals surface area contributed by atoms with E-state index < -0.39 is 6.10 Å². The number of carbonyl (C=O) groups is 1. The maximum atomic E-state index is 11.4. The van der Waals surface area contributed by atoms with Crippen molar-refractivity contribution in [1.82, 2.24) is 5.32 Å². The lowest BCUT2D eigenvalue weighted by atomic mass is 10.2. The van der Waals surface area contributed by atoms with Crippen LogP contribution >= 0.6 is 0 Å². The van der Waals surface area contributed by atoms with E-state index in [1.807, 2.05) is 0 Å². The summed E-state index contributed by atoms with van der Waals surface area (Å²) in [6.45, 7) is 4.30. The van der Waals surface area contributed by atoms with Crippen molar-refractivity contribution in [3.63, 3.8) is 0 Å². The lowest BCUT2D eigenvalue weighted by molar-refractivity contribution is -0.158. The highest BCUT2D eigenvalue weighted by atomic mass is 16.6. The van der Waals surface area contributed by atoms with E-state index in [4.69, 9.17) is 9.47 Å². The van der Waals surface area contributed by atoms with E-state index >= 15 is 0 Å². The Balaban J connectivity index is 2.07. The summed E-state index contributed by atoms with van der Waals surface area (Å²) in [7, 11) is 0. The molecule has 1 aliphatic rings. The highest BCUT2D eigenvalue weighted by Gasteiger charge is 2.23. The summed E-state index contributed by atoms with van der Waals surface area (Å²) in [6.07, 6.45) is 2.72. The molecule has 1 radical (unpaired) electrons. The van der Waals surface area contributed by atoms with Crippen molar-refractivity contribution in [2.75, 3.05) is 26.3 Å². The van der Waals surface area contributed by atoms with Crippen LogP contribution in [-0.2, 0) is 14.3 Å². The van der Waals surface area contributed by atoms with E-state index in [0.29, 0.717) is 26.3 Å². The third-order valence-electron chi connectivity index (χ3n) is 2.12. The Labute approximate surface area is 85.0 Å². The molecular weight excluding hydrogens is 182 g/mol. The van der Waals surface area contributed by atoms with Gasteiger partial charge in [0.15, 0.2) is 6.10 Å². The van der Waals surface area contributed by atoms with Gasteiger partial charge in [-0.1, -0.05) is 19.8 Å². The molecular formula is C10H18NO3. The number of nitrogens with zero attached hydrogens (tertiary/aromatic N) is 1. The average molecular weight is 200 g/mol. The molecule has 1 aliphatic heterocycles. The standard InChI is InChI=1S/C10H18NO3/c1-2-3-4-6-14-10(12)9-8-11-5-7-13-9/h9H,2-8H2,1H3. The fourth-order valence-corrected chi connectivity index (χ4v) is 1.28. The maximum absolute atomic E-state index is 11.4. The molecule has 1 unspecified atom stereocenters. The number of hydrogen-bond donors (Lipinski definition) is 0. The van der Waals surface area contributed by atoms with Crippen LogP contribution in [0.5, 0.6) is 0 Å². The van der Waals surface area contributed by atoms with E-state index in [9.17, 15) is 4.79 Å². The van der Waals surface area contributed by atoms with Crippen molar-refractivity contribution in [3.05, 3.63) is 0 Å². The Morgan fingerprint density at radius 2 is 2.43 bits per heavy atom. The minimum atomic E-state index is -0.453. The number of hydrogen-bond acceptors (Lipinski definition) is 3. The molecule has 1 fully saturated rings. The van der Waals surface area contributed by atoms with Crippen LogP contribution < -0.4 is 5.32 Å². The Morgan fingerprint density at radius 1 is 1.57 bits per heavy atom. The zero-order chi connectivity index (χ0) is 10.2. The van der Waals surface area contributed by atoms with E-state index in [2.05, 4.69) is 12.2 Å². The van der Waals surface area contributed by atoms with Gasteiger partial charge in [0.05, 0.1) is 19.8 Å². The van der Waals surface area contributed by atoms with Gasteiger partial charge >= 0.3 is 5.97 Å². The molecule has 81 valence electrons. The highest BCUT2D eigenvalue weighted by Crippen LogP contribution is 2.01. The number of esters is 1. The lowest BCUT2D eigenvalue weighted by Gasteiger charge is -2.20. The molecule has 1 heterocycles. The van der Waals surface area contributed by atoms with Gasteiger partial charge in [-0.25, -0.2) is 10.1 Å². The van der Waals surface area contributed by atoms with Gasteiger partial charge in [-0.15, -0.1) is 0 Å². The molecule has 0 saturated carbocycles. The lowest BCUT2D eigenvalue weighted by Crippen LogP contribution is -2.40. The minimum Gasteiger partial charge on any atom is -0.464 e. The van der Waals surface area contributed by atoms with Gasteiger partial charge in [-0.2, -0.15) is 0 Å². The van der Waals surface area contributed by atoms with Crippen LogP contribution in [-0.4, -0.2) is 38.4 Å². The van der Waals surface area contributed by atoms with Gasteiger partial charge in [0.1, 0.15) is 0 Å². The van der Waals surface area contributed by atoms with Crippen LogP contribution in [0.15, 0.2) is 0 Å². The third-order valence-corrected chi connectivity index (χ3v) is 2.12. The summed E-state index contributed by atoms with van der Waals surface area (Å²) in [5.74, 6) is -0.260. The molecule has 0 aromatic rings. The van der Waals surface area contributed by atoms with E-state index in [0.717, 1.165) is 19.3 Å². The molecule has 0 aliphatic carbocycles. The summed E-state index contributed by atoms with van der Waals surface area (Å²) in [6, 6.07) is 0. The monoisotopic (exact) mass is 200 g/mol. The molecule has 1 atom stereocenters. The van der Waals surface area contributed by atoms with Gasteiger partial charge in [0.2, 0.25) is 0 Å². The average Bonchev–Trinajstić information content (AvgIpc) is 2.25. The third kappa shape index (κ3) is 4.07. The molecule has 0 amide bonds. The molecule has 0 N–H and O–H groups in total. The SMILES string of the molecule is CCCCCOC(=O)C1C[N]CCO1. The molecule has 4 heteroatoms. The summed E-state index contributed by atoms with van der Waals surface area (Å²) >= 11 is 0. The topological polar surface area (TPSA) is 49.6 Å². The summed E-state index contributed by atoms with van der Waals surface area (Å²) < 4.78 is 10.3. The van der Waals surface area contributed by atoms with Crippen LogP contribution in [0.25, 0.3) is 0 Å². The second-order valence-electron chi connectivity index (χ2n) is 3.36. The van der Waals surface area contributed by atoms with E-state index in [1.165, 1.54) is 0 Å². The minimum absolute atomic E-state index is 0.260. The van der Waals surface area contributed by atoms with Crippen molar-refractivity contribution in [1.29, 1.82) is 0 Å². The maximum Gasteiger partial charge on any atom is 0.336 e. The number of rotatable bonds is 5. The van der Waals surface area contributed by atoms with Gasteiger partial charge in [-0.3, -0.25) is 0 Å². The van der Waals surface area contributed by atoms with Crippen molar-refractivity contribution < 1.29 is 14.3 Å². The van der Waals surface area contributed by atoms with Gasteiger partial charge in [0.25, 0.3) is 0 Å². The van der Waals surface area contributed by atoms with Crippen molar-refractivity contribution in [2.45, 2.75) is 32.3 Å². The highest BCUT2D eigenvalue weighted by molar-refractivity contribution is 5.75. The Morgan fingerprint density at radius 3 is 3.07 bits per heavy atom. The number of unbranched alkanes of at least 4 members (excludes halogenated alkanes) is 2. The first-order valence-corrected chi connectivity index (χ1v) is 5.26. The summed E-state index contributed by atoms with van der Waals surface area (Å²) in [5, 5.41) is 4.10. The fraction of sp³-hybridized carbons (Fsp3) is 0.900. The molecule has 0 spiro atoms. The van der Waals surface area contributed by atoms with E-state index in [1.54, 1.807) is 0 Å². The molecule has 4 nitrogen and oxygen atoms in total. The molecule has 0 aromatic carbocycles. The smallest absolute Gasteiger partial charge is 0.336 e. The van der Waals surface area contributed by atoms with Gasteiger partial charge in [-0.05, 0) is 6.42 Å². The summed E-state index contributed by atoms with van der Waals surface area (Å²) in [5.41, 5.74) is 0. The zero-order valence-corrected chi connectivity index (χ0v) is 8.70. The second-order valence-corrected chi connectivity index (χ2v) is 3.36. The Bertz CT molecular complexity index is 167. The van der Waals surface area contributed by atoms with Gasteiger partial charge in [0, 0.05) is 6.54 Å². The van der Waals surface area contributed by atoms with Gasteiger partial charge < -0.3 is 9.47 Å². The largest absolute Gasteiger partial charge is 0.464 e. The molecule has 1 rings (SSSR count). The Hall–Kier alpha value is -0.610. The van der Waals surface area contributed by atoms with Crippen LogP contribution in [0.4, 0.5) is 0 Å². The normalized spacial score (nSPS) is 21.9. The predicted octanol–water partition coefficient (Wildman–Crippen LogP) is 0.723. The number of carbonyl (C=O) groups excluding carboxylic acids is 1. The molecule has 0 aromatic heterocycles. The first kappa shape index (κ1) is 11.5. The first-order valence-electron chi connectivity index (χ1n) is 5.26. The number of morpholine rings is 1. The van der Waals surface area contributed by atoms with E-state index in [-0.39, 0.29) is 5.97 Å². The quantitative estimate of drug-likeness (QED) is 0.485. The molecule has 0 bridgehead atoms. The van der Waals surface area contributed by atoms with Crippen LogP contribution in [0, 0.1) is 0 Å². The van der Waals surface area contributed by atoms with Crippen LogP contribution in [0.2, 0.25) is 0 Å². The van der Waals surface area contributed by atoms with Crippen molar-refractivity contribution in [3.8, 4) is 0 Å². The second kappa shape index (κ2) is 6.79. The number of ether oxygens (including phenoxy) is 2. The molecule has 1 saturated heterocycles. The predicted molar refractivity (Wildman–Crippen MR) is 52.1 cm³/mol. The van der Waals surface area contributed by atoms with Crippen LogP contribution in [0.3, 0.4) is 0 Å². The van der Waals surface area contributed by atoms with Crippen molar-refractivity contribution in [2.24, 2.45) is 0 Å². The fourth-order valence-electron chi connectivity index (χ4n) is 1.28. The zero-order valence-electron chi connectivity index (χ0n) is 8.70. The van der Waals surface area contributed by atoms with Crippen LogP contribution in [0.1, 0.15) is 26.2 Å². The van der Waals surface area contributed by atoms with Crippen molar-refractivity contribution >= 4 is 5.97 Å². The first-order chi connectivity index (χ1) is 6.84. The molecule has 14 heavy (non-hydrogen) atoms.